The van der Waals surface area contributed by atoms with Crippen LogP contribution >= 0.6 is 0 Å². The molecular formula is C28H29FN2O4S. The molecule has 8 heteroatoms. The zero-order valence-corrected chi connectivity index (χ0v) is 21.4. The summed E-state index contributed by atoms with van der Waals surface area (Å²) in [6.07, 6.45) is 4.02. The van der Waals surface area contributed by atoms with Crippen LogP contribution in [0.25, 0.3) is 17.2 Å². The Balaban J connectivity index is 1.70. The molecule has 0 radical (unpaired) electrons. The average molecular weight is 509 g/mol. The standard InChI is InChI=1S/C28H29FN2O4S/c1-30-14-16-31(17-15-30)27-12-7-22(20-5-10-24(11-6-20)36(3,33)34)18-25(27)28(32)13-8-21-4-9-23(35-2)19-26(21)29/h4-13,18-19H,14-17H2,1-3H3/b13-8+. The van der Waals surface area contributed by atoms with E-state index in [2.05, 4.69) is 16.8 Å². The Labute approximate surface area is 211 Å². The van der Waals surface area contributed by atoms with Crippen molar-refractivity contribution in [1.29, 1.82) is 0 Å². The molecule has 1 fully saturated rings. The van der Waals surface area contributed by atoms with Crippen molar-refractivity contribution >= 4 is 27.4 Å². The molecule has 1 aliphatic heterocycles. The van der Waals surface area contributed by atoms with Gasteiger partial charge < -0.3 is 14.5 Å². The number of rotatable bonds is 7. The smallest absolute Gasteiger partial charge is 0.187 e. The van der Waals surface area contributed by atoms with Gasteiger partial charge in [0.1, 0.15) is 11.6 Å². The van der Waals surface area contributed by atoms with Crippen LogP contribution in [0.5, 0.6) is 5.75 Å². The Morgan fingerprint density at radius 3 is 2.22 bits per heavy atom. The fourth-order valence-electron chi connectivity index (χ4n) is 4.16. The molecule has 0 saturated carbocycles. The molecule has 0 unspecified atom stereocenters. The maximum atomic E-state index is 14.4. The number of sulfone groups is 1. The summed E-state index contributed by atoms with van der Waals surface area (Å²) < 4.78 is 43.1. The van der Waals surface area contributed by atoms with Crippen LogP contribution in [0.15, 0.2) is 71.6 Å². The van der Waals surface area contributed by atoms with Crippen molar-refractivity contribution in [3.8, 4) is 16.9 Å². The van der Waals surface area contributed by atoms with Crippen molar-refractivity contribution in [2.75, 3.05) is 51.5 Å². The van der Waals surface area contributed by atoms with Crippen molar-refractivity contribution < 1.29 is 22.3 Å². The lowest BCUT2D eigenvalue weighted by atomic mass is 9.98. The molecule has 36 heavy (non-hydrogen) atoms. The minimum absolute atomic E-state index is 0.237. The van der Waals surface area contributed by atoms with Crippen molar-refractivity contribution in [3.05, 3.63) is 83.7 Å². The summed E-state index contributed by atoms with van der Waals surface area (Å²) in [5, 5.41) is 0. The maximum Gasteiger partial charge on any atom is 0.187 e. The van der Waals surface area contributed by atoms with Crippen LogP contribution < -0.4 is 9.64 Å². The third-order valence-electron chi connectivity index (χ3n) is 6.34. The zero-order valence-electron chi connectivity index (χ0n) is 20.6. The van der Waals surface area contributed by atoms with E-state index in [1.54, 1.807) is 36.4 Å². The van der Waals surface area contributed by atoms with E-state index in [1.165, 1.54) is 31.6 Å². The molecule has 188 valence electrons. The summed E-state index contributed by atoms with van der Waals surface area (Å²) >= 11 is 0. The molecule has 4 rings (SSSR count). The maximum absolute atomic E-state index is 14.4. The lowest BCUT2D eigenvalue weighted by Gasteiger charge is -2.35. The van der Waals surface area contributed by atoms with Gasteiger partial charge in [-0.3, -0.25) is 4.79 Å². The van der Waals surface area contributed by atoms with Crippen molar-refractivity contribution in [3.63, 3.8) is 0 Å². The highest BCUT2D eigenvalue weighted by Crippen LogP contribution is 2.30. The molecule has 1 aliphatic rings. The first-order valence-electron chi connectivity index (χ1n) is 11.6. The Morgan fingerprint density at radius 2 is 1.61 bits per heavy atom. The third-order valence-corrected chi connectivity index (χ3v) is 7.47. The van der Waals surface area contributed by atoms with Gasteiger partial charge in [0.05, 0.1) is 12.0 Å². The molecule has 1 saturated heterocycles. The van der Waals surface area contributed by atoms with Gasteiger partial charge in [-0.15, -0.1) is 0 Å². The zero-order chi connectivity index (χ0) is 25.9. The number of anilines is 1. The number of carbonyl (C=O) groups excluding carboxylic acids is 1. The van der Waals surface area contributed by atoms with E-state index in [9.17, 15) is 17.6 Å². The number of carbonyl (C=O) groups is 1. The van der Waals surface area contributed by atoms with E-state index in [0.717, 1.165) is 43.0 Å². The number of nitrogens with zero attached hydrogens (tertiary/aromatic N) is 2. The Kier molecular flexibility index (Phi) is 7.56. The summed E-state index contributed by atoms with van der Waals surface area (Å²) in [5.74, 6) is -0.311. The summed E-state index contributed by atoms with van der Waals surface area (Å²) in [7, 11) is 0.233. The number of methoxy groups -OCH3 is 1. The quantitative estimate of drug-likeness (QED) is 0.345. The number of likely N-dealkylation sites (N-methyl/N-ethyl adjacent to an activating group) is 1. The van der Waals surface area contributed by atoms with Crippen molar-refractivity contribution in [2.45, 2.75) is 4.90 Å². The van der Waals surface area contributed by atoms with E-state index in [4.69, 9.17) is 4.74 Å². The van der Waals surface area contributed by atoms with E-state index < -0.39 is 15.7 Å². The van der Waals surface area contributed by atoms with E-state index in [1.807, 2.05) is 18.2 Å². The molecule has 3 aromatic rings. The summed E-state index contributed by atoms with van der Waals surface area (Å²) in [4.78, 5) is 18.1. The van der Waals surface area contributed by atoms with Crippen LogP contribution in [0.3, 0.4) is 0 Å². The molecule has 0 aliphatic carbocycles. The average Bonchev–Trinajstić information content (AvgIpc) is 2.87. The summed E-state index contributed by atoms with van der Waals surface area (Å²) in [6.45, 7) is 3.34. The van der Waals surface area contributed by atoms with Crippen molar-refractivity contribution in [2.24, 2.45) is 0 Å². The van der Waals surface area contributed by atoms with Crippen molar-refractivity contribution in [1.82, 2.24) is 4.90 Å². The van der Waals surface area contributed by atoms with Gasteiger partial charge in [-0.05, 0) is 66.7 Å². The van der Waals surface area contributed by atoms with E-state index in [0.29, 0.717) is 11.3 Å². The first-order chi connectivity index (χ1) is 17.2. The number of halogens is 1. The number of hydrogen-bond donors (Lipinski definition) is 0. The highest BCUT2D eigenvalue weighted by Gasteiger charge is 2.20. The van der Waals surface area contributed by atoms with Crippen LogP contribution in [0.1, 0.15) is 15.9 Å². The normalized spacial score (nSPS) is 14.8. The van der Waals surface area contributed by atoms with Crippen LogP contribution in [0, 0.1) is 5.82 Å². The predicted molar refractivity (Wildman–Crippen MR) is 141 cm³/mol. The van der Waals surface area contributed by atoms with Gasteiger partial charge >= 0.3 is 0 Å². The predicted octanol–water partition coefficient (Wildman–Crippen LogP) is 4.55. The van der Waals surface area contributed by atoms with E-state index in [-0.39, 0.29) is 16.2 Å². The lowest BCUT2D eigenvalue weighted by Crippen LogP contribution is -2.45. The summed E-state index contributed by atoms with van der Waals surface area (Å²) in [5.41, 5.74) is 3.21. The molecule has 0 N–H and O–H groups in total. The van der Waals surface area contributed by atoms with E-state index >= 15 is 0 Å². The highest BCUT2D eigenvalue weighted by molar-refractivity contribution is 7.90. The van der Waals surface area contributed by atoms with Gasteiger partial charge in [0, 0.05) is 55.3 Å². The SMILES string of the molecule is COc1ccc(/C=C/C(=O)c2cc(-c3ccc(S(C)(=O)=O)cc3)ccc2N2CCN(C)CC2)c(F)c1. The van der Waals surface area contributed by atoms with Gasteiger partial charge in [-0.25, -0.2) is 12.8 Å². The Bertz CT molecular complexity index is 1390. The number of benzene rings is 3. The van der Waals surface area contributed by atoms with Gasteiger partial charge in [-0.1, -0.05) is 18.2 Å². The first-order valence-corrected chi connectivity index (χ1v) is 13.5. The molecule has 0 atom stereocenters. The van der Waals surface area contributed by atoms with Gasteiger partial charge in [-0.2, -0.15) is 0 Å². The number of ether oxygens (including phenoxy) is 1. The fourth-order valence-corrected chi connectivity index (χ4v) is 4.79. The molecular weight excluding hydrogens is 479 g/mol. The topological polar surface area (TPSA) is 66.9 Å². The second kappa shape index (κ2) is 10.6. The minimum Gasteiger partial charge on any atom is -0.497 e. The summed E-state index contributed by atoms with van der Waals surface area (Å²) in [6, 6.07) is 16.8. The van der Waals surface area contributed by atoms with Crippen LogP contribution in [-0.4, -0.2) is 65.7 Å². The van der Waals surface area contributed by atoms with Gasteiger partial charge in [0.2, 0.25) is 0 Å². The largest absolute Gasteiger partial charge is 0.497 e. The number of hydrogen-bond acceptors (Lipinski definition) is 6. The highest BCUT2D eigenvalue weighted by atomic mass is 32.2. The monoisotopic (exact) mass is 508 g/mol. The molecule has 0 spiro atoms. The number of allylic oxidation sites excluding steroid dienone is 1. The van der Waals surface area contributed by atoms with Gasteiger partial charge in [0.25, 0.3) is 0 Å². The molecule has 3 aromatic carbocycles. The third kappa shape index (κ3) is 5.83. The van der Waals surface area contributed by atoms with Crippen LogP contribution in [0.2, 0.25) is 0 Å². The minimum atomic E-state index is -3.30. The lowest BCUT2D eigenvalue weighted by molar-refractivity contribution is 0.104. The molecule has 0 bridgehead atoms. The van der Waals surface area contributed by atoms with Crippen LogP contribution in [0.4, 0.5) is 10.1 Å². The van der Waals surface area contributed by atoms with Gasteiger partial charge in [0.15, 0.2) is 15.6 Å². The second-order valence-electron chi connectivity index (χ2n) is 8.90. The molecule has 0 aromatic heterocycles. The second-order valence-corrected chi connectivity index (χ2v) is 10.9. The first kappa shape index (κ1) is 25.6. The number of ketones is 1. The fraction of sp³-hybridized carbons (Fsp3) is 0.250. The molecule has 1 heterocycles. The number of piperazine rings is 1. The Morgan fingerprint density at radius 1 is 0.944 bits per heavy atom. The van der Waals surface area contributed by atoms with Crippen LogP contribution in [-0.2, 0) is 9.84 Å². The molecule has 0 amide bonds. The molecule has 6 nitrogen and oxygen atoms in total. The Hall–Kier alpha value is -3.49.